The van der Waals surface area contributed by atoms with Crippen molar-refractivity contribution in [2.45, 2.75) is 45.4 Å². The fraction of sp³-hybridized carbons (Fsp3) is 0.400. The van der Waals surface area contributed by atoms with E-state index in [1.54, 1.807) is 0 Å². The minimum absolute atomic E-state index is 0. The van der Waals surface area contributed by atoms with Crippen molar-refractivity contribution in [1.29, 1.82) is 0 Å². The standard InChI is InChI=1S/C25H31O4.W/c1-5-6-16-25(2,18-20-9-13-22(14-10-20)24(27)29-4)17-15-19-7-11-21(12-8-19)23(26)28-3;/h7-14H,2,5-6,15-18H2,1,3-4H3;/q-1;. The van der Waals surface area contributed by atoms with Crippen LogP contribution in [0.5, 0.6) is 0 Å². The van der Waals surface area contributed by atoms with Crippen molar-refractivity contribution in [3.63, 3.8) is 0 Å². The van der Waals surface area contributed by atoms with Gasteiger partial charge in [0, 0.05) is 21.1 Å². The fourth-order valence-electron chi connectivity index (χ4n) is 3.50. The quantitative estimate of drug-likeness (QED) is 0.278. The normalized spacial score (nSPS) is 12.4. The largest absolute Gasteiger partial charge is 0.465 e. The molecular formula is C25H31O4W-. The van der Waals surface area contributed by atoms with Crippen molar-refractivity contribution in [1.82, 2.24) is 0 Å². The van der Waals surface area contributed by atoms with Crippen LogP contribution in [0.2, 0.25) is 0 Å². The number of hydrogen-bond donors (Lipinski definition) is 0. The molecule has 0 saturated carbocycles. The van der Waals surface area contributed by atoms with Crippen LogP contribution in [0, 0.1) is 12.3 Å². The molecule has 0 aliphatic carbocycles. The number of ether oxygens (including phenoxy) is 2. The SMILES string of the molecule is [CH2-]C(CCCC)(CCc1ccc(C(=O)OC)cc1)Cc1ccc(C(=O)OC)cc1.[W]. The van der Waals surface area contributed by atoms with Crippen LogP contribution >= 0.6 is 0 Å². The van der Waals surface area contributed by atoms with Gasteiger partial charge in [-0.1, -0.05) is 56.9 Å². The van der Waals surface area contributed by atoms with E-state index >= 15 is 0 Å². The summed E-state index contributed by atoms with van der Waals surface area (Å²) in [5.41, 5.74) is 3.40. The van der Waals surface area contributed by atoms with Gasteiger partial charge in [0.1, 0.15) is 0 Å². The second-order valence-corrected chi connectivity index (χ2v) is 7.66. The molecule has 2 aromatic carbocycles. The maximum atomic E-state index is 11.6. The fourth-order valence-corrected chi connectivity index (χ4v) is 3.50. The maximum absolute atomic E-state index is 11.6. The summed E-state index contributed by atoms with van der Waals surface area (Å²) in [5.74, 6) is -0.639. The molecule has 0 aliphatic rings. The van der Waals surface area contributed by atoms with Crippen LogP contribution in [0.4, 0.5) is 0 Å². The van der Waals surface area contributed by atoms with Crippen LogP contribution in [0.3, 0.4) is 0 Å². The Labute approximate surface area is 194 Å². The van der Waals surface area contributed by atoms with Crippen LogP contribution in [0.1, 0.15) is 64.4 Å². The number of methoxy groups -OCH3 is 2. The zero-order valence-corrected chi connectivity index (χ0v) is 21.0. The zero-order valence-electron chi connectivity index (χ0n) is 18.1. The molecule has 1 atom stereocenters. The molecule has 2 rings (SSSR count). The molecule has 1 unspecified atom stereocenters. The summed E-state index contributed by atoms with van der Waals surface area (Å²) in [5, 5.41) is 0. The van der Waals surface area contributed by atoms with Crippen molar-refractivity contribution in [2.75, 3.05) is 14.2 Å². The Bertz CT molecular complexity index is 799. The molecule has 0 spiro atoms. The predicted octanol–water partition coefficient (Wildman–Crippen LogP) is 5.44. The Morgan fingerprint density at radius 2 is 1.30 bits per heavy atom. The first-order valence-corrected chi connectivity index (χ1v) is 10.1. The van der Waals surface area contributed by atoms with E-state index in [4.69, 9.17) is 9.47 Å². The molecule has 0 heterocycles. The average molecular weight is 579 g/mol. The van der Waals surface area contributed by atoms with Crippen LogP contribution in [0.15, 0.2) is 48.5 Å². The van der Waals surface area contributed by atoms with E-state index < -0.39 is 0 Å². The molecule has 5 heteroatoms. The van der Waals surface area contributed by atoms with E-state index in [9.17, 15) is 9.59 Å². The van der Waals surface area contributed by atoms with Gasteiger partial charge in [-0.15, -0.1) is 0 Å². The second-order valence-electron chi connectivity index (χ2n) is 7.66. The number of carbonyl (C=O) groups is 2. The Balaban J connectivity index is 0.00000450. The molecule has 0 aromatic heterocycles. The first kappa shape index (κ1) is 26.1. The second kappa shape index (κ2) is 12.7. The van der Waals surface area contributed by atoms with Crippen molar-refractivity contribution in [3.05, 3.63) is 77.7 Å². The summed E-state index contributed by atoms with van der Waals surface area (Å²) in [6, 6.07) is 15.2. The van der Waals surface area contributed by atoms with Crippen LogP contribution in [-0.2, 0) is 43.4 Å². The van der Waals surface area contributed by atoms with Gasteiger partial charge in [-0.2, -0.15) is 5.41 Å². The van der Waals surface area contributed by atoms with Crippen LogP contribution in [-0.4, -0.2) is 26.2 Å². The van der Waals surface area contributed by atoms with Crippen LogP contribution < -0.4 is 0 Å². The van der Waals surface area contributed by atoms with Crippen molar-refractivity contribution < 1.29 is 40.1 Å². The van der Waals surface area contributed by atoms with Gasteiger partial charge < -0.3 is 16.4 Å². The smallest absolute Gasteiger partial charge is 0.337 e. The molecular weight excluding hydrogens is 548 g/mol. The third kappa shape index (κ3) is 7.72. The third-order valence-corrected chi connectivity index (χ3v) is 5.33. The first-order valence-electron chi connectivity index (χ1n) is 10.1. The van der Waals surface area contributed by atoms with Gasteiger partial charge in [-0.25, -0.2) is 9.59 Å². The zero-order chi connectivity index (χ0) is 21.3. The Morgan fingerprint density at radius 3 is 1.73 bits per heavy atom. The average Bonchev–Trinajstić information content (AvgIpc) is 2.76. The topological polar surface area (TPSA) is 52.6 Å². The van der Waals surface area contributed by atoms with Crippen molar-refractivity contribution >= 4 is 11.9 Å². The summed E-state index contributed by atoms with van der Waals surface area (Å²) >= 11 is 0. The Hall–Kier alpha value is -1.93. The van der Waals surface area contributed by atoms with Gasteiger partial charge in [-0.05, 0) is 48.2 Å². The number of carbonyl (C=O) groups excluding carboxylic acids is 2. The summed E-state index contributed by atoms with van der Waals surface area (Å²) in [7, 11) is 2.78. The summed E-state index contributed by atoms with van der Waals surface area (Å²) in [4.78, 5) is 23.2. The summed E-state index contributed by atoms with van der Waals surface area (Å²) in [6.07, 6.45) is 6.01. The maximum Gasteiger partial charge on any atom is 0.337 e. The number of esters is 2. The molecule has 162 valence electrons. The van der Waals surface area contributed by atoms with E-state index in [1.165, 1.54) is 25.3 Å². The molecule has 0 radical (unpaired) electrons. The monoisotopic (exact) mass is 579 g/mol. The predicted molar refractivity (Wildman–Crippen MR) is 115 cm³/mol. The number of unbranched alkanes of at least 4 members (excludes halogenated alkanes) is 1. The molecule has 0 amide bonds. The molecule has 0 bridgehead atoms. The van der Waals surface area contributed by atoms with E-state index in [0.29, 0.717) is 11.1 Å². The summed E-state index contributed by atoms with van der Waals surface area (Å²) < 4.78 is 9.52. The molecule has 0 saturated heterocycles. The first-order chi connectivity index (χ1) is 13.9. The minimum Gasteiger partial charge on any atom is -0.465 e. The van der Waals surface area contributed by atoms with Gasteiger partial charge in [0.15, 0.2) is 0 Å². The van der Waals surface area contributed by atoms with Gasteiger partial charge in [0.25, 0.3) is 0 Å². The number of hydrogen-bond acceptors (Lipinski definition) is 4. The molecule has 30 heavy (non-hydrogen) atoms. The summed E-state index contributed by atoms with van der Waals surface area (Å²) in [6.45, 7) is 6.78. The molecule has 0 N–H and O–H groups in total. The van der Waals surface area contributed by atoms with Crippen molar-refractivity contribution in [3.8, 4) is 0 Å². The van der Waals surface area contributed by atoms with E-state index in [1.807, 2.05) is 48.5 Å². The van der Waals surface area contributed by atoms with E-state index in [0.717, 1.165) is 38.5 Å². The molecule has 0 fully saturated rings. The molecule has 0 aliphatic heterocycles. The number of rotatable bonds is 10. The third-order valence-electron chi connectivity index (χ3n) is 5.33. The van der Waals surface area contributed by atoms with E-state index in [2.05, 4.69) is 13.8 Å². The van der Waals surface area contributed by atoms with Gasteiger partial charge >= 0.3 is 11.9 Å². The Kier molecular flexibility index (Phi) is 11.0. The molecule has 2 aromatic rings. The van der Waals surface area contributed by atoms with Gasteiger partial charge in [0.2, 0.25) is 0 Å². The van der Waals surface area contributed by atoms with Crippen LogP contribution in [0.25, 0.3) is 0 Å². The van der Waals surface area contributed by atoms with Gasteiger partial charge in [0.05, 0.1) is 25.3 Å². The van der Waals surface area contributed by atoms with Crippen molar-refractivity contribution in [2.24, 2.45) is 5.41 Å². The molecule has 4 nitrogen and oxygen atoms in total. The van der Waals surface area contributed by atoms with Gasteiger partial charge in [-0.3, -0.25) is 0 Å². The minimum atomic E-state index is -0.321. The Morgan fingerprint density at radius 1 is 0.833 bits per heavy atom. The number of aryl methyl sites for hydroxylation is 1. The van der Waals surface area contributed by atoms with E-state index in [-0.39, 0.29) is 38.4 Å². The number of benzene rings is 2.